The van der Waals surface area contributed by atoms with Gasteiger partial charge in [0.05, 0.1) is 0 Å². The largest absolute Gasteiger partial charge is 0.462 e. The summed E-state index contributed by atoms with van der Waals surface area (Å²) in [6, 6.07) is 0. The van der Waals surface area contributed by atoms with Crippen molar-refractivity contribution in [3.8, 4) is 0 Å². The monoisotopic (exact) mass is 807 g/mol. The molecule has 0 aliphatic carbocycles. The van der Waals surface area contributed by atoms with E-state index >= 15 is 0 Å². The van der Waals surface area contributed by atoms with Crippen LogP contribution in [-0.2, 0) is 28.6 Å². The normalized spacial score (nSPS) is 12.8. The lowest BCUT2D eigenvalue weighted by molar-refractivity contribution is -0.167. The zero-order chi connectivity index (χ0) is 42.3. The maximum absolute atomic E-state index is 12.7. The Hall–Kier alpha value is -3.41. The zero-order valence-corrected chi connectivity index (χ0v) is 37.5. The predicted octanol–water partition coefficient (Wildman–Crippen LogP) is 15.3. The molecule has 0 saturated carbocycles. The van der Waals surface area contributed by atoms with Gasteiger partial charge in [-0.25, -0.2) is 0 Å². The fourth-order valence-electron chi connectivity index (χ4n) is 6.31. The van der Waals surface area contributed by atoms with E-state index in [0.29, 0.717) is 19.3 Å². The lowest BCUT2D eigenvalue weighted by atomic mass is 10.0. The maximum Gasteiger partial charge on any atom is 0.306 e. The number of carbonyl (C=O) groups is 3. The van der Waals surface area contributed by atoms with Gasteiger partial charge in [0.2, 0.25) is 0 Å². The fourth-order valence-corrected chi connectivity index (χ4v) is 6.31. The summed E-state index contributed by atoms with van der Waals surface area (Å²) in [5, 5.41) is 0. The first-order valence-corrected chi connectivity index (χ1v) is 23.7. The Morgan fingerprint density at radius 2 is 0.672 bits per heavy atom. The molecule has 0 fully saturated rings. The van der Waals surface area contributed by atoms with Crippen LogP contribution in [0.3, 0.4) is 0 Å². The Labute approximate surface area is 356 Å². The Balaban J connectivity index is 4.45. The van der Waals surface area contributed by atoms with Gasteiger partial charge in [0, 0.05) is 19.3 Å². The zero-order valence-electron chi connectivity index (χ0n) is 37.5. The van der Waals surface area contributed by atoms with E-state index < -0.39 is 6.10 Å². The second-order valence-electron chi connectivity index (χ2n) is 15.5. The highest BCUT2D eigenvalue weighted by atomic mass is 16.6. The van der Waals surface area contributed by atoms with Crippen LogP contribution >= 0.6 is 0 Å². The first kappa shape index (κ1) is 54.6. The highest BCUT2D eigenvalue weighted by Gasteiger charge is 2.19. The fraction of sp³-hybridized carbons (Fsp3) is 0.673. The van der Waals surface area contributed by atoms with Crippen LogP contribution in [0.4, 0.5) is 0 Å². The van der Waals surface area contributed by atoms with Crippen molar-refractivity contribution >= 4 is 17.9 Å². The molecule has 0 rings (SSSR count). The average molecular weight is 807 g/mol. The molecule has 0 aliphatic rings. The van der Waals surface area contributed by atoms with E-state index in [-0.39, 0.29) is 31.1 Å². The molecule has 330 valence electrons. The van der Waals surface area contributed by atoms with Crippen molar-refractivity contribution in [1.29, 1.82) is 0 Å². The molecule has 0 aliphatic heterocycles. The third-order valence-corrected chi connectivity index (χ3v) is 9.86. The summed E-state index contributed by atoms with van der Waals surface area (Å²) in [6.07, 6.45) is 58.5. The van der Waals surface area contributed by atoms with Gasteiger partial charge < -0.3 is 14.2 Å². The van der Waals surface area contributed by atoms with Crippen LogP contribution in [0.2, 0.25) is 0 Å². The van der Waals surface area contributed by atoms with Crippen molar-refractivity contribution in [3.63, 3.8) is 0 Å². The first-order valence-electron chi connectivity index (χ1n) is 23.7. The lowest BCUT2D eigenvalue weighted by Crippen LogP contribution is -2.30. The van der Waals surface area contributed by atoms with E-state index in [0.717, 1.165) is 70.6 Å². The molecular formula is C52H86O6. The van der Waals surface area contributed by atoms with Gasteiger partial charge >= 0.3 is 17.9 Å². The van der Waals surface area contributed by atoms with Crippen LogP contribution in [0.5, 0.6) is 0 Å². The molecule has 0 aromatic rings. The molecular weight excluding hydrogens is 721 g/mol. The van der Waals surface area contributed by atoms with Gasteiger partial charge in [0.15, 0.2) is 6.10 Å². The summed E-state index contributed by atoms with van der Waals surface area (Å²) in [5.41, 5.74) is 0. The number of esters is 3. The van der Waals surface area contributed by atoms with E-state index in [4.69, 9.17) is 14.2 Å². The molecule has 1 atom stereocenters. The highest BCUT2D eigenvalue weighted by molar-refractivity contribution is 5.71. The van der Waals surface area contributed by atoms with Crippen molar-refractivity contribution in [1.82, 2.24) is 0 Å². The van der Waals surface area contributed by atoms with E-state index in [9.17, 15) is 14.4 Å². The summed E-state index contributed by atoms with van der Waals surface area (Å²) in [7, 11) is 0. The Morgan fingerprint density at radius 1 is 0.362 bits per heavy atom. The van der Waals surface area contributed by atoms with Crippen LogP contribution in [0, 0.1) is 0 Å². The molecule has 0 radical (unpaired) electrons. The molecule has 0 bridgehead atoms. The molecule has 58 heavy (non-hydrogen) atoms. The van der Waals surface area contributed by atoms with Crippen molar-refractivity contribution in [3.05, 3.63) is 85.1 Å². The van der Waals surface area contributed by atoms with E-state index in [2.05, 4.69) is 32.9 Å². The highest BCUT2D eigenvalue weighted by Crippen LogP contribution is 2.14. The maximum atomic E-state index is 12.7. The van der Waals surface area contributed by atoms with Crippen molar-refractivity contribution < 1.29 is 28.6 Å². The van der Waals surface area contributed by atoms with Gasteiger partial charge in [0.1, 0.15) is 13.2 Å². The SMILES string of the molecule is CC\C=C/C=C\C=C/C=C\C=C\C=C/C=C\CCCCCC(=O)OCC(COC(=O)CCCCCCCCCCC)OC(=O)CCCCCCCCCCCCCC. The molecule has 6 nitrogen and oxygen atoms in total. The first-order chi connectivity index (χ1) is 28.5. The molecule has 6 heteroatoms. The third-order valence-electron chi connectivity index (χ3n) is 9.86. The van der Waals surface area contributed by atoms with Gasteiger partial charge in [-0.05, 0) is 38.5 Å². The van der Waals surface area contributed by atoms with Crippen molar-refractivity contribution in [2.45, 2.75) is 213 Å². The number of allylic oxidation sites excluding steroid dienone is 14. The summed E-state index contributed by atoms with van der Waals surface area (Å²) in [5.74, 6) is -0.942. The van der Waals surface area contributed by atoms with Gasteiger partial charge in [-0.1, -0.05) is 234 Å². The number of hydrogen-bond acceptors (Lipinski definition) is 6. The number of hydrogen-bond donors (Lipinski definition) is 0. The number of carbonyl (C=O) groups excluding carboxylic acids is 3. The molecule has 0 saturated heterocycles. The molecule has 0 N–H and O–H groups in total. The minimum Gasteiger partial charge on any atom is -0.462 e. The second kappa shape index (κ2) is 46.3. The summed E-state index contributed by atoms with van der Waals surface area (Å²) in [6.45, 7) is 6.41. The predicted molar refractivity (Wildman–Crippen MR) is 247 cm³/mol. The lowest BCUT2D eigenvalue weighted by Gasteiger charge is -2.18. The van der Waals surface area contributed by atoms with Gasteiger partial charge in [-0.2, -0.15) is 0 Å². The van der Waals surface area contributed by atoms with Crippen LogP contribution in [0.15, 0.2) is 85.1 Å². The summed E-state index contributed by atoms with van der Waals surface area (Å²) in [4.78, 5) is 37.7. The van der Waals surface area contributed by atoms with Gasteiger partial charge in [0.25, 0.3) is 0 Å². The minimum absolute atomic E-state index is 0.0897. The molecule has 0 spiro atoms. The molecule has 0 heterocycles. The average Bonchev–Trinajstić information content (AvgIpc) is 3.22. The number of rotatable bonds is 41. The van der Waals surface area contributed by atoms with E-state index in [1.807, 2.05) is 72.9 Å². The Kier molecular flexibility index (Phi) is 43.6. The molecule has 0 amide bonds. The van der Waals surface area contributed by atoms with Crippen LogP contribution < -0.4 is 0 Å². The van der Waals surface area contributed by atoms with Crippen LogP contribution in [0.1, 0.15) is 207 Å². The summed E-state index contributed by atoms with van der Waals surface area (Å²) < 4.78 is 16.7. The topological polar surface area (TPSA) is 78.9 Å². The Morgan fingerprint density at radius 3 is 1.05 bits per heavy atom. The van der Waals surface area contributed by atoms with Crippen LogP contribution in [-0.4, -0.2) is 37.2 Å². The standard InChI is InChI=1S/C52H86O6/c1-4-7-10-13-16-19-21-23-24-25-26-27-28-29-31-33-36-39-42-45-51(54)57-48-49(47-56-50(53)44-41-38-35-32-18-15-12-9-6-3)58-52(55)46-43-40-37-34-30-22-20-17-14-11-8-5-2/h7,10,13,16,19,21,23-29,31,49H,4-6,8-9,11-12,14-15,17-18,20,22,30,32-48H2,1-3H3/b10-7-,16-13-,21-19-,24-23-,26-25+,28-27-,31-29-. The van der Waals surface area contributed by atoms with E-state index in [1.54, 1.807) is 0 Å². The second-order valence-corrected chi connectivity index (χ2v) is 15.5. The van der Waals surface area contributed by atoms with Crippen molar-refractivity contribution in [2.75, 3.05) is 13.2 Å². The quantitative estimate of drug-likeness (QED) is 0.0265. The third kappa shape index (κ3) is 43.7. The molecule has 0 aromatic heterocycles. The minimum atomic E-state index is -0.790. The number of unbranched alkanes of at least 4 members (excludes halogenated alkanes) is 22. The molecule has 0 aromatic carbocycles. The molecule has 1 unspecified atom stereocenters. The van der Waals surface area contributed by atoms with E-state index in [1.165, 1.54) is 96.3 Å². The van der Waals surface area contributed by atoms with Crippen LogP contribution in [0.25, 0.3) is 0 Å². The smallest absolute Gasteiger partial charge is 0.306 e. The van der Waals surface area contributed by atoms with Crippen molar-refractivity contribution in [2.24, 2.45) is 0 Å². The van der Waals surface area contributed by atoms with Gasteiger partial charge in [-0.3, -0.25) is 14.4 Å². The Bertz CT molecular complexity index is 1160. The van der Waals surface area contributed by atoms with Gasteiger partial charge in [-0.15, -0.1) is 0 Å². The summed E-state index contributed by atoms with van der Waals surface area (Å²) >= 11 is 0. The number of ether oxygens (including phenoxy) is 3.